The molecule has 0 fully saturated rings. The molecule has 0 spiro atoms. The smallest absolute Gasteiger partial charge is 0.314 e. The van der Waals surface area contributed by atoms with Crippen LogP contribution in [-0.2, 0) is 31.9 Å². The second-order valence-electron chi connectivity index (χ2n) is 3.57. The van der Waals surface area contributed by atoms with Gasteiger partial charge in [0.1, 0.15) is 0 Å². The van der Waals surface area contributed by atoms with E-state index in [0.29, 0.717) is 0 Å². The van der Waals surface area contributed by atoms with E-state index in [-0.39, 0.29) is 12.4 Å². The normalized spacial score (nSPS) is 11.9. The molecule has 94 valence electrons. The summed E-state index contributed by atoms with van der Waals surface area (Å²) >= 11 is 1.59. The van der Waals surface area contributed by atoms with Gasteiger partial charge >= 0.3 is 11.9 Å². The fourth-order valence-electron chi connectivity index (χ4n) is 1.33. The third kappa shape index (κ3) is 4.99. The molecule has 1 atom stereocenters. The Kier molecular flexibility index (Phi) is 5.15. The maximum absolute atomic E-state index is 11.5. The molecule has 17 heavy (non-hydrogen) atoms. The Morgan fingerprint density at radius 1 is 1.29 bits per heavy atom. The van der Waals surface area contributed by atoms with Crippen LogP contribution in [0.3, 0.4) is 0 Å². The Morgan fingerprint density at radius 2 is 1.94 bits per heavy atom. The van der Waals surface area contributed by atoms with Crippen LogP contribution in [-0.4, -0.2) is 18.2 Å². The topological polar surface area (TPSA) is 52.6 Å². The van der Waals surface area contributed by atoms with E-state index in [2.05, 4.69) is 6.92 Å². The Balaban J connectivity index is 2.41. The van der Waals surface area contributed by atoms with E-state index in [9.17, 15) is 9.59 Å². The molecule has 0 aliphatic rings. The molecule has 0 aromatic carbocycles. The quantitative estimate of drug-likeness (QED) is 0.599. The van der Waals surface area contributed by atoms with Gasteiger partial charge < -0.3 is 9.47 Å². The number of carbonyl (C=O) groups excluding carboxylic acids is 2. The highest BCUT2D eigenvalue weighted by Gasteiger charge is 2.13. The molecule has 0 bridgehead atoms. The van der Waals surface area contributed by atoms with E-state index < -0.39 is 12.3 Å². The molecule has 5 heteroatoms. The van der Waals surface area contributed by atoms with Gasteiger partial charge in [0, 0.05) is 23.6 Å². The first-order chi connectivity index (χ1) is 8.01. The largest absolute Gasteiger partial charge is 0.426 e. The van der Waals surface area contributed by atoms with Crippen LogP contribution in [0.4, 0.5) is 0 Å². The molecule has 1 rings (SSSR count). The lowest BCUT2D eigenvalue weighted by Crippen LogP contribution is -2.21. The maximum atomic E-state index is 11.5. The number of hydrogen-bond acceptors (Lipinski definition) is 5. The molecule has 1 unspecified atom stereocenters. The summed E-state index contributed by atoms with van der Waals surface area (Å²) in [5.41, 5.74) is 0. The molecular formula is C12H16O4S. The van der Waals surface area contributed by atoms with Crippen molar-refractivity contribution in [2.45, 2.75) is 39.9 Å². The van der Waals surface area contributed by atoms with E-state index in [4.69, 9.17) is 9.47 Å². The van der Waals surface area contributed by atoms with Crippen molar-refractivity contribution in [2.24, 2.45) is 0 Å². The predicted molar refractivity (Wildman–Crippen MR) is 64.7 cm³/mol. The first-order valence-corrected chi connectivity index (χ1v) is 6.27. The molecule has 1 aromatic heterocycles. The van der Waals surface area contributed by atoms with Crippen molar-refractivity contribution in [1.82, 2.24) is 0 Å². The van der Waals surface area contributed by atoms with E-state index in [1.165, 1.54) is 18.7 Å². The number of carbonyl (C=O) groups is 2. The van der Waals surface area contributed by atoms with Crippen LogP contribution in [0, 0.1) is 0 Å². The number of thiophene rings is 1. The molecule has 4 nitrogen and oxygen atoms in total. The van der Waals surface area contributed by atoms with Crippen LogP contribution in [0.1, 0.15) is 30.5 Å². The molecular weight excluding hydrogens is 240 g/mol. The lowest BCUT2D eigenvalue weighted by molar-refractivity contribution is -0.182. The van der Waals surface area contributed by atoms with Gasteiger partial charge in [-0.15, -0.1) is 11.3 Å². The van der Waals surface area contributed by atoms with Crippen molar-refractivity contribution in [3.63, 3.8) is 0 Å². The van der Waals surface area contributed by atoms with Crippen molar-refractivity contribution in [1.29, 1.82) is 0 Å². The molecule has 0 N–H and O–H groups in total. The number of hydrogen-bond donors (Lipinski definition) is 0. The average molecular weight is 256 g/mol. The standard InChI is InChI=1S/C12H16O4S/c1-4-10-5-6-11(17-10)7-12(14)16-9(3)15-8(2)13/h5-6,9H,4,7H2,1-3H3. The van der Waals surface area contributed by atoms with Crippen molar-refractivity contribution in [3.05, 3.63) is 21.9 Å². The number of ether oxygens (including phenoxy) is 2. The maximum Gasteiger partial charge on any atom is 0.314 e. The first-order valence-electron chi connectivity index (χ1n) is 5.45. The summed E-state index contributed by atoms with van der Waals surface area (Å²) < 4.78 is 9.64. The molecule has 0 radical (unpaired) electrons. The highest BCUT2D eigenvalue weighted by molar-refractivity contribution is 7.12. The summed E-state index contributed by atoms with van der Waals surface area (Å²) in [6.07, 6.45) is 0.352. The SMILES string of the molecule is CCc1ccc(CC(=O)OC(C)OC(C)=O)s1. The zero-order valence-electron chi connectivity index (χ0n) is 10.2. The molecule has 1 aromatic rings. The first kappa shape index (κ1) is 13.7. The fourth-order valence-corrected chi connectivity index (χ4v) is 2.28. The van der Waals surface area contributed by atoms with Gasteiger partial charge in [0.25, 0.3) is 0 Å². The number of aryl methyl sites for hydroxylation is 1. The molecule has 0 saturated heterocycles. The van der Waals surface area contributed by atoms with Gasteiger partial charge in [-0.1, -0.05) is 6.92 Å². The summed E-state index contributed by atoms with van der Waals surface area (Å²) in [7, 11) is 0. The van der Waals surface area contributed by atoms with Crippen molar-refractivity contribution < 1.29 is 19.1 Å². The fraction of sp³-hybridized carbons (Fsp3) is 0.500. The molecule has 0 aliphatic carbocycles. The Labute approximate surface area is 105 Å². The van der Waals surface area contributed by atoms with Crippen LogP contribution in [0.5, 0.6) is 0 Å². The second kappa shape index (κ2) is 6.39. The van der Waals surface area contributed by atoms with Gasteiger partial charge in [0.15, 0.2) is 0 Å². The Bertz CT molecular complexity index is 397. The summed E-state index contributed by atoms with van der Waals surface area (Å²) in [6.45, 7) is 4.86. The van der Waals surface area contributed by atoms with Crippen LogP contribution in [0.15, 0.2) is 12.1 Å². The van der Waals surface area contributed by atoms with Crippen LogP contribution < -0.4 is 0 Å². The molecule has 0 saturated carbocycles. The minimum atomic E-state index is -0.828. The zero-order valence-corrected chi connectivity index (χ0v) is 11.0. The zero-order chi connectivity index (χ0) is 12.8. The summed E-state index contributed by atoms with van der Waals surface area (Å²) in [5.74, 6) is -0.849. The van der Waals surface area contributed by atoms with Gasteiger partial charge in [0.2, 0.25) is 6.29 Å². The highest BCUT2D eigenvalue weighted by Crippen LogP contribution is 2.17. The third-order valence-corrected chi connectivity index (χ3v) is 3.24. The minimum absolute atomic E-state index is 0.219. The van der Waals surface area contributed by atoms with Gasteiger partial charge in [-0.05, 0) is 18.6 Å². The summed E-state index contributed by atoms with van der Waals surface area (Å²) in [6, 6.07) is 3.92. The summed E-state index contributed by atoms with van der Waals surface area (Å²) in [5, 5.41) is 0. The average Bonchev–Trinajstić information content (AvgIpc) is 2.63. The van der Waals surface area contributed by atoms with Crippen molar-refractivity contribution in [3.8, 4) is 0 Å². The lowest BCUT2D eigenvalue weighted by atomic mass is 10.3. The lowest BCUT2D eigenvalue weighted by Gasteiger charge is -2.12. The molecule has 0 aliphatic heterocycles. The highest BCUT2D eigenvalue weighted by atomic mass is 32.1. The van der Waals surface area contributed by atoms with E-state index in [0.717, 1.165) is 11.3 Å². The van der Waals surface area contributed by atoms with E-state index >= 15 is 0 Å². The van der Waals surface area contributed by atoms with Crippen molar-refractivity contribution >= 4 is 23.3 Å². The summed E-state index contributed by atoms with van der Waals surface area (Å²) in [4.78, 5) is 24.3. The van der Waals surface area contributed by atoms with Gasteiger partial charge in [-0.25, -0.2) is 0 Å². The number of rotatable bonds is 5. The van der Waals surface area contributed by atoms with Crippen LogP contribution >= 0.6 is 11.3 Å². The van der Waals surface area contributed by atoms with Gasteiger partial charge in [-0.2, -0.15) is 0 Å². The Morgan fingerprint density at radius 3 is 2.47 bits per heavy atom. The van der Waals surface area contributed by atoms with E-state index in [1.54, 1.807) is 11.3 Å². The van der Waals surface area contributed by atoms with Crippen molar-refractivity contribution in [2.75, 3.05) is 0 Å². The predicted octanol–water partition coefficient (Wildman–Crippen LogP) is 2.31. The molecule has 1 heterocycles. The van der Waals surface area contributed by atoms with Crippen LogP contribution in [0.25, 0.3) is 0 Å². The van der Waals surface area contributed by atoms with Crippen LogP contribution in [0.2, 0.25) is 0 Å². The Hall–Kier alpha value is -1.36. The van der Waals surface area contributed by atoms with Gasteiger partial charge in [-0.3, -0.25) is 9.59 Å². The van der Waals surface area contributed by atoms with Gasteiger partial charge in [0.05, 0.1) is 6.42 Å². The minimum Gasteiger partial charge on any atom is -0.426 e. The second-order valence-corrected chi connectivity index (χ2v) is 4.82. The van der Waals surface area contributed by atoms with E-state index in [1.807, 2.05) is 12.1 Å². The number of esters is 2. The molecule has 0 amide bonds. The third-order valence-electron chi connectivity index (χ3n) is 2.01. The monoisotopic (exact) mass is 256 g/mol.